The van der Waals surface area contributed by atoms with E-state index in [9.17, 15) is 9.59 Å². The van der Waals surface area contributed by atoms with Crippen LogP contribution in [0.3, 0.4) is 0 Å². The van der Waals surface area contributed by atoms with Crippen LogP contribution < -0.4 is 10.2 Å². The number of fused-ring (bicyclic) bond motifs is 1. The quantitative estimate of drug-likeness (QED) is 0.344. The molecule has 0 bridgehead atoms. The molecule has 1 unspecified atom stereocenters. The summed E-state index contributed by atoms with van der Waals surface area (Å²) >= 11 is 0. The van der Waals surface area contributed by atoms with Crippen LogP contribution in [0.25, 0.3) is 10.9 Å². The lowest BCUT2D eigenvalue weighted by molar-refractivity contribution is -0.121. The van der Waals surface area contributed by atoms with E-state index in [0.717, 1.165) is 58.6 Å². The van der Waals surface area contributed by atoms with E-state index in [1.54, 1.807) is 6.20 Å². The number of hydrogen-bond donors (Lipinski definition) is 2. The summed E-state index contributed by atoms with van der Waals surface area (Å²) in [6.45, 7) is 6.06. The molecular formula is C29H31N3O3. The first-order valence-electron chi connectivity index (χ1n) is 12.3. The van der Waals surface area contributed by atoms with Crippen LogP contribution in [0, 0.1) is 13.8 Å². The Balaban J connectivity index is 1.46. The summed E-state index contributed by atoms with van der Waals surface area (Å²) in [5.74, 6) is 1.43. The number of rotatable bonds is 7. The fourth-order valence-electron chi connectivity index (χ4n) is 5.01. The summed E-state index contributed by atoms with van der Waals surface area (Å²) in [4.78, 5) is 30.2. The second-order valence-electron chi connectivity index (χ2n) is 9.48. The maximum Gasteiger partial charge on any atom is 0.225 e. The van der Waals surface area contributed by atoms with Crippen molar-refractivity contribution < 1.29 is 14.0 Å². The number of aromatic amines is 1. The molecule has 1 atom stereocenters. The maximum absolute atomic E-state index is 13.3. The van der Waals surface area contributed by atoms with E-state index in [2.05, 4.69) is 40.3 Å². The van der Waals surface area contributed by atoms with E-state index in [1.165, 1.54) is 24.8 Å². The Bertz CT molecular complexity index is 1360. The predicted molar refractivity (Wildman–Crippen MR) is 138 cm³/mol. The molecule has 2 N–H and O–H groups in total. The van der Waals surface area contributed by atoms with Crippen molar-refractivity contribution in [2.45, 2.75) is 45.6 Å². The number of piperidine rings is 1. The van der Waals surface area contributed by atoms with Crippen molar-refractivity contribution >= 4 is 28.8 Å². The van der Waals surface area contributed by atoms with Crippen LogP contribution in [0.15, 0.2) is 59.1 Å². The predicted octanol–water partition coefficient (Wildman–Crippen LogP) is 5.63. The van der Waals surface area contributed by atoms with Gasteiger partial charge in [-0.3, -0.25) is 9.59 Å². The Hall–Kier alpha value is -3.80. The molecule has 3 heterocycles. The number of H-pyrrole nitrogens is 1. The Kier molecular flexibility index (Phi) is 6.45. The van der Waals surface area contributed by atoms with Gasteiger partial charge in [0.25, 0.3) is 0 Å². The van der Waals surface area contributed by atoms with Crippen molar-refractivity contribution in [2.24, 2.45) is 0 Å². The highest BCUT2D eigenvalue weighted by atomic mass is 16.3. The first-order valence-corrected chi connectivity index (χ1v) is 12.3. The molecule has 1 aliphatic heterocycles. The lowest BCUT2D eigenvalue weighted by Crippen LogP contribution is -2.34. The molecule has 6 heteroatoms. The second-order valence-corrected chi connectivity index (χ2v) is 9.48. The number of benzene rings is 2. The molecular weight excluding hydrogens is 438 g/mol. The highest BCUT2D eigenvalue weighted by molar-refractivity contribution is 5.97. The van der Waals surface area contributed by atoms with Crippen LogP contribution in [0.2, 0.25) is 0 Å². The summed E-state index contributed by atoms with van der Waals surface area (Å²) in [5, 5.41) is 4.07. The van der Waals surface area contributed by atoms with E-state index in [4.69, 9.17) is 4.42 Å². The van der Waals surface area contributed by atoms with Gasteiger partial charge in [-0.15, -0.1) is 0 Å². The molecule has 1 aliphatic rings. The van der Waals surface area contributed by atoms with Crippen LogP contribution >= 0.6 is 0 Å². The van der Waals surface area contributed by atoms with Crippen molar-refractivity contribution in [3.05, 3.63) is 88.5 Å². The molecule has 0 radical (unpaired) electrons. The van der Waals surface area contributed by atoms with Gasteiger partial charge < -0.3 is 19.6 Å². The molecule has 1 amide bonds. The number of carbonyl (C=O) groups excluding carboxylic acids is 2. The van der Waals surface area contributed by atoms with Crippen molar-refractivity contribution in [3.63, 3.8) is 0 Å². The summed E-state index contributed by atoms with van der Waals surface area (Å²) in [6, 6.07) is 15.7. The van der Waals surface area contributed by atoms with Gasteiger partial charge in [-0.05, 0) is 74.6 Å². The maximum atomic E-state index is 13.3. The van der Waals surface area contributed by atoms with E-state index in [1.807, 2.05) is 37.3 Å². The third-order valence-electron chi connectivity index (χ3n) is 6.81. The van der Waals surface area contributed by atoms with Crippen molar-refractivity contribution in [2.75, 3.05) is 18.0 Å². The summed E-state index contributed by atoms with van der Waals surface area (Å²) in [5.41, 5.74) is 5.73. The largest absolute Gasteiger partial charge is 0.464 e. The lowest BCUT2D eigenvalue weighted by Gasteiger charge is -2.32. The first kappa shape index (κ1) is 23.0. The third kappa shape index (κ3) is 4.87. The minimum atomic E-state index is -0.393. The third-order valence-corrected chi connectivity index (χ3v) is 6.81. The normalized spacial score (nSPS) is 14.7. The molecule has 4 aromatic rings. The van der Waals surface area contributed by atoms with Crippen molar-refractivity contribution in [1.82, 2.24) is 10.3 Å². The average Bonchev–Trinajstić information content (AvgIpc) is 3.49. The van der Waals surface area contributed by atoms with E-state index in [0.29, 0.717) is 5.56 Å². The highest BCUT2D eigenvalue weighted by Gasteiger charge is 2.26. The zero-order valence-corrected chi connectivity index (χ0v) is 20.3. The van der Waals surface area contributed by atoms with Gasteiger partial charge in [-0.25, -0.2) is 0 Å². The van der Waals surface area contributed by atoms with E-state index >= 15 is 0 Å². The van der Waals surface area contributed by atoms with Crippen LogP contribution in [0.4, 0.5) is 5.69 Å². The topological polar surface area (TPSA) is 78.3 Å². The molecule has 6 nitrogen and oxygen atoms in total. The van der Waals surface area contributed by atoms with Crippen LogP contribution in [-0.2, 0) is 11.2 Å². The number of aryl methyl sites for hydroxylation is 2. The van der Waals surface area contributed by atoms with Gasteiger partial charge in [0.2, 0.25) is 5.91 Å². The minimum Gasteiger partial charge on any atom is -0.464 e. The number of nitrogens with one attached hydrogen (secondary N) is 2. The number of carbonyl (C=O) groups is 2. The SMILES string of the molecule is Cc1ccc(C(NC(=O)Cc2ccc3[nH]cc(C=O)c3c2)c2ccc(C)o2)c(N2CCCCC2)c1. The Morgan fingerprint density at radius 1 is 1.09 bits per heavy atom. The molecule has 0 saturated carbocycles. The number of amides is 1. The fourth-order valence-corrected chi connectivity index (χ4v) is 5.01. The molecule has 0 spiro atoms. The second kappa shape index (κ2) is 9.82. The lowest BCUT2D eigenvalue weighted by atomic mass is 9.97. The minimum absolute atomic E-state index is 0.100. The van der Waals surface area contributed by atoms with E-state index in [-0.39, 0.29) is 12.3 Å². The molecule has 2 aromatic heterocycles. The van der Waals surface area contributed by atoms with Crippen LogP contribution in [0.1, 0.15) is 63.9 Å². The summed E-state index contributed by atoms with van der Waals surface area (Å²) in [7, 11) is 0. The zero-order chi connectivity index (χ0) is 24.4. The van der Waals surface area contributed by atoms with Gasteiger partial charge in [0.05, 0.1) is 6.42 Å². The smallest absolute Gasteiger partial charge is 0.225 e. The molecule has 35 heavy (non-hydrogen) atoms. The average molecular weight is 470 g/mol. The molecule has 1 fully saturated rings. The summed E-state index contributed by atoms with van der Waals surface area (Å²) < 4.78 is 6.03. The fraction of sp³-hybridized carbons (Fsp3) is 0.310. The van der Waals surface area contributed by atoms with Gasteiger partial charge in [0, 0.05) is 47.0 Å². The van der Waals surface area contributed by atoms with Gasteiger partial charge in [0.15, 0.2) is 6.29 Å². The standard InChI is InChI=1S/C29H31N3O3/c1-19-6-9-23(26(14-19)32-12-4-3-5-13-32)29(27-11-7-20(2)35-27)31-28(34)16-21-8-10-25-24(15-21)22(18-33)17-30-25/h6-11,14-15,17-18,29-30H,3-5,12-13,16H2,1-2H3,(H,31,34). The van der Waals surface area contributed by atoms with E-state index < -0.39 is 6.04 Å². The Morgan fingerprint density at radius 3 is 2.66 bits per heavy atom. The number of aromatic nitrogens is 1. The van der Waals surface area contributed by atoms with Gasteiger partial charge in [-0.2, -0.15) is 0 Å². The molecule has 2 aromatic carbocycles. The number of anilines is 1. The Labute approximate surface area is 205 Å². The molecule has 0 aliphatic carbocycles. The molecule has 1 saturated heterocycles. The van der Waals surface area contributed by atoms with Crippen LogP contribution in [-0.4, -0.2) is 30.3 Å². The van der Waals surface area contributed by atoms with Crippen molar-refractivity contribution in [1.29, 1.82) is 0 Å². The highest BCUT2D eigenvalue weighted by Crippen LogP contribution is 2.34. The number of aldehydes is 1. The van der Waals surface area contributed by atoms with Crippen LogP contribution in [0.5, 0.6) is 0 Å². The molecule has 5 rings (SSSR count). The Morgan fingerprint density at radius 2 is 1.91 bits per heavy atom. The number of furan rings is 1. The molecule has 180 valence electrons. The van der Waals surface area contributed by atoms with Gasteiger partial charge >= 0.3 is 0 Å². The monoisotopic (exact) mass is 469 g/mol. The number of nitrogens with zero attached hydrogens (tertiary/aromatic N) is 1. The first-order chi connectivity index (χ1) is 17.0. The number of hydrogen-bond acceptors (Lipinski definition) is 4. The zero-order valence-electron chi connectivity index (χ0n) is 20.3. The van der Waals surface area contributed by atoms with Gasteiger partial charge in [-0.1, -0.05) is 18.2 Å². The van der Waals surface area contributed by atoms with Gasteiger partial charge in [0.1, 0.15) is 17.6 Å². The summed E-state index contributed by atoms with van der Waals surface area (Å²) in [6.07, 6.45) is 6.34. The van der Waals surface area contributed by atoms with Crippen molar-refractivity contribution in [3.8, 4) is 0 Å².